The summed E-state index contributed by atoms with van der Waals surface area (Å²) in [5, 5.41) is 4.07. The Morgan fingerprint density at radius 3 is 2.39 bits per heavy atom. The summed E-state index contributed by atoms with van der Waals surface area (Å²) in [6.07, 6.45) is 7.05. The molecule has 2 atom stereocenters. The van der Waals surface area contributed by atoms with Gasteiger partial charge in [-0.2, -0.15) is 5.10 Å². The van der Waals surface area contributed by atoms with Crippen LogP contribution in [0.25, 0.3) is 0 Å². The van der Waals surface area contributed by atoms with E-state index in [2.05, 4.69) is 5.10 Å². The van der Waals surface area contributed by atoms with Crippen molar-refractivity contribution in [2.75, 3.05) is 13.6 Å². The zero-order valence-corrected chi connectivity index (χ0v) is 13.6. The zero-order valence-electron chi connectivity index (χ0n) is 13.6. The highest BCUT2D eigenvalue weighted by molar-refractivity contribution is 6.07. The number of imide groups is 1. The van der Waals surface area contributed by atoms with E-state index in [0.717, 1.165) is 31.2 Å². The third kappa shape index (κ3) is 3.00. The summed E-state index contributed by atoms with van der Waals surface area (Å²) < 4.78 is 1.67. The van der Waals surface area contributed by atoms with E-state index in [0.29, 0.717) is 6.54 Å². The fourth-order valence-corrected chi connectivity index (χ4v) is 3.56. The number of likely N-dealkylation sites (N-methyl/N-ethyl adjacent to an activating group) is 1. The van der Waals surface area contributed by atoms with Gasteiger partial charge in [0.1, 0.15) is 6.54 Å². The largest absolute Gasteiger partial charge is 0.340 e. The monoisotopic (exact) mass is 318 g/mol. The number of amides is 3. The fraction of sp³-hybridized carbons (Fsp3) is 0.625. The summed E-state index contributed by atoms with van der Waals surface area (Å²) in [6, 6.07) is 0. The molecular weight excluding hydrogens is 296 g/mol. The second-order valence-corrected chi connectivity index (χ2v) is 6.53. The first-order valence-electron chi connectivity index (χ1n) is 8.04. The van der Waals surface area contributed by atoms with Gasteiger partial charge in [-0.25, -0.2) is 0 Å². The molecule has 1 aromatic rings. The standard InChI is InChI=1S/C16H22N4O3/c1-18(8-11-7-17-19(2)9-11)14(21)10-20-15(22)12-5-3-4-6-13(12)16(20)23/h7,9,12-13H,3-6,8,10H2,1-2H3/t12-,13-/m0/s1. The molecule has 7 nitrogen and oxygen atoms in total. The SMILES string of the molecule is CN(Cc1cnn(C)c1)C(=O)CN1C(=O)[C@H]2CCCC[C@@H]2C1=O. The normalized spacial score (nSPS) is 24.0. The van der Waals surface area contributed by atoms with Crippen LogP contribution >= 0.6 is 0 Å². The smallest absolute Gasteiger partial charge is 0.242 e. The average molecular weight is 318 g/mol. The number of fused-ring (bicyclic) bond motifs is 1. The van der Waals surface area contributed by atoms with E-state index >= 15 is 0 Å². The number of nitrogens with zero attached hydrogens (tertiary/aromatic N) is 4. The Hall–Kier alpha value is -2.18. The number of carbonyl (C=O) groups is 3. The molecule has 2 fully saturated rings. The summed E-state index contributed by atoms with van der Waals surface area (Å²) in [5.74, 6) is -0.958. The van der Waals surface area contributed by atoms with Crippen molar-refractivity contribution in [1.29, 1.82) is 0 Å². The highest BCUT2D eigenvalue weighted by Crippen LogP contribution is 2.37. The molecule has 0 aromatic carbocycles. The predicted molar refractivity (Wildman–Crippen MR) is 81.9 cm³/mol. The third-order valence-electron chi connectivity index (χ3n) is 4.83. The van der Waals surface area contributed by atoms with Crippen LogP contribution in [0.4, 0.5) is 0 Å². The Labute approximate surface area is 135 Å². The molecule has 0 bridgehead atoms. The maximum Gasteiger partial charge on any atom is 0.242 e. The number of likely N-dealkylation sites (tertiary alicyclic amines) is 1. The molecule has 3 amide bonds. The zero-order chi connectivity index (χ0) is 16.6. The van der Waals surface area contributed by atoms with Crippen LogP contribution in [-0.4, -0.2) is 50.9 Å². The number of hydrogen-bond donors (Lipinski definition) is 0. The number of aryl methyl sites for hydroxylation is 1. The molecule has 1 aliphatic carbocycles. The van der Waals surface area contributed by atoms with E-state index in [1.807, 2.05) is 13.2 Å². The maximum atomic E-state index is 12.4. The van der Waals surface area contributed by atoms with E-state index in [9.17, 15) is 14.4 Å². The first-order valence-corrected chi connectivity index (χ1v) is 8.04. The Morgan fingerprint density at radius 2 is 1.87 bits per heavy atom. The van der Waals surface area contributed by atoms with Gasteiger partial charge in [0.25, 0.3) is 0 Å². The van der Waals surface area contributed by atoms with Crippen molar-refractivity contribution >= 4 is 17.7 Å². The minimum Gasteiger partial charge on any atom is -0.340 e. The molecule has 0 N–H and O–H groups in total. The van der Waals surface area contributed by atoms with Gasteiger partial charge >= 0.3 is 0 Å². The number of hydrogen-bond acceptors (Lipinski definition) is 4. The summed E-state index contributed by atoms with van der Waals surface area (Å²) in [7, 11) is 3.49. The molecule has 124 valence electrons. The van der Waals surface area contributed by atoms with Gasteiger partial charge < -0.3 is 4.90 Å². The lowest BCUT2D eigenvalue weighted by Crippen LogP contribution is -2.41. The van der Waals surface area contributed by atoms with Gasteiger partial charge in [-0.1, -0.05) is 12.8 Å². The first kappa shape index (κ1) is 15.7. The number of aromatic nitrogens is 2. The molecule has 2 heterocycles. The van der Waals surface area contributed by atoms with Crippen LogP contribution in [0.15, 0.2) is 12.4 Å². The van der Waals surface area contributed by atoms with Crippen LogP contribution < -0.4 is 0 Å². The van der Waals surface area contributed by atoms with E-state index < -0.39 is 0 Å². The van der Waals surface area contributed by atoms with E-state index in [-0.39, 0.29) is 36.1 Å². The molecule has 1 aliphatic heterocycles. The van der Waals surface area contributed by atoms with E-state index in [1.165, 1.54) is 9.80 Å². The Balaban J connectivity index is 1.62. The topological polar surface area (TPSA) is 75.5 Å². The molecule has 1 aromatic heterocycles. The van der Waals surface area contributed by atoms with Crippen LogP contribution in [0.2, 0.25) is 0 Å². The van der Waals surface area contributed by atoms with Crippen molar-refractivity contribution in [3.63, 3.8) is 0 Å². The lowest BCUT2D eigenvalue weighted by atomic mass is 9.81. The lowest BCUT2D eigenvalue weighted by molar-refractivity contribution is -0.146. The van der Waals surface area contributed by atoms with Crippen molar-refractivity contribution in [2.24, 2.45) is 18.9 Å². The molecule has 7 heteroatoms. The molecule has 0 spiro atoms. The molecule has 3 rings (SSSR count). The molecular formula is C16H22N4O3. The van der Waals surface area contributed by atoms with Crippen molar-refractivity contribution in [3.8, 4) is 0 Å². The lowest BCUT2D eigenvalue weighted by Gasteiger charge is -2.20. The first-order chi connectivity index (χ1) is 11.0. The van der Waals surface area contributed by atoms with Gasteiger partial charge in [0.15, 0.2) is 0 Å². The van der Waals surface area contributed by atoms with Gasteiger partial charge in [0, 0.05) is 32.4 Å². The maximum absolute atomic E-state index is 12.4. The summed E-state index contributed by atoms with van der Waals surface area (Å²) in [6.45, 7) is 0.261. The summed E-state index contributed by atoms with van der Waals surface area (Å²) in [4.78, 5) is 39.8. The van der Waals surface area contributed by atoms with Crippen molar-refractivity contribution < 1.29 is 14.4 Å². The van der Waals surface area contributed by atoms with Gasteiger partial charge in [0.05, 0.1) is 18.0 Å². The van der Waals surface area contributed by atoms with Gasteiger partial charge in [-0.05, 0) is 12.8 Å². The second kappa shape index (κ2) is 6.14. The summed E-state index contributed by atoms with van der Waals surface area (Å²) >= 11 is 0. The Morgan fingerprint density at radius 1 is 1.26 bits per heavy atom. The molecule has 2 aliphatic rings. The Bertz CT molecular complexity index is 615. The minimum atomic E-state index is -0.228. The van der Waals surface area contributed by atoms with Gasteiger partial charge in [0.2, 0.25) is 17.7 Å². The second-order valence-electron chi connectivity index (χ2n) is 6.53. The highest BCUT2D eigenvalue weighted by Gasteiger charge is 2.48. The van der Waals surface area contributed by atoms with Crippen molar-refractivity contribution in [3.05, 3.63) is 18.0 Å². The molecule has 0 unspecified atom stereocenters. The predicted octanol–water partition coefficient (Wildman–Crippen LogP) is 0.554. The van der Waals surface area contributed by atoms with Gasteiger partial charge in [-0.3, -0.25) is 24.0 Å². The van der Waals surface area contributed by atoms with Crippen LogP contribution in [0.1, 0.15) is 31.2 Å². The highest BCUT2D eigenvalue weighted by atomic mass is 16.2. The average Bonchev–Trinajstić information content (AvgIpc) is 3.04. The Kier molecular flexibility index (Phi) is 4.19. The minimum absolute atomic E-state index is 0.151. The van der Waals surface area contributed by atoms with Gasteiger partial charge in [-0.15, -0.1) is 0 Å². The number of carbonyl (C=O) groups excluding carboxylic acids is 3. The van der Waals surface area contributed by atoms with Crippen LogP contribution in [0.3, 0.4) is 0 Å². The van der Waals surface area contributed by atoms with Crippen LogP contribution in [-0.2, 0) is 28.0 Å². The molecule has 23 heavy (non-hydrogen) atoms. The number of rotatable bonds is 4. The summed E-state index contributed by atoms with van der Waals surface area (Å²) in [5.41, 5.74) is 0.913. The molecule has 1 saturated heterocycles. The van der Waals surface area contributed by atoms with E-state index in [1.54, 1.807) is 17.9 Å². The molecule has 0 radical (unpaired) electrons. The molecule has 1 saturated carbocycles. The third-order valence-corrected chi connectivity index (χ3v) is 4.83. The quantitative estimate of drug-likeness (QED) is 0.760. The van der Waals surface area contributed by atoms with E-state index in [4.69, 9.17) is 0 Å². The van der Waals surface area contributed by atoms with Crippen LogP contribution in [0.5, 0.6) is 0 Å². The fourth-order valence-electron chi connectivity index (χ4n) is 3.56. The van der Waals surface area contributed by atoms with Crippen LogP contribution in [0, 0.1) is 11.8 Å². The van der Waals surface area contributed by atoms with Crippen molar-refractivity contribution in [2.45, 2.75) is 32.2 Å². The van der Waals surface area contributed by atoms with Crippen molar-refractivity contribution in [1.82, 2.24) is 19.6 Å².